The highest BCUT2D eigenvalue weighted by atomic mass is 35.5. The first-order valence-electron chi connectivity index (χ1n) is 12.3. The molecular formula is C28H34Cl4N8. The fourth-order valence-electron chi connectivity index (χ4n) is 4.04. The Kier molecular flexibility index (Phi) is 13.4. The summed E-state index contributed by atoms with van der Waals surface area (Å²) in [6.07, 6.45) is 1.93. The molecule has 0 radical (unpaired) electrons. The molecule has 5 rings (SSSR count). The molecule has 5 aromatic rings. The zero-order valence-electron chi connectivity index (χ0n) is 22.2. The Bertz CT molecular complexity index is 1470. The molecule has 12 heteroatoms. The molecule has 0 amide bonds. The molecule has 40 heavy (non-hydrogen) atoms. The average molecular weight is 624 g/mol. The van der Waals surface area contributed by atoms with Crippen molar-refractivity contribution in [1.29, 1.82) is 0 Å². The predicted octanol–water partition coefficient (Wildman–Crippen LogP) is 6.69. The Morgan fingerprint density at radius 1 is 0.625 bits per heavy atom. The largest absolute Gasteiger partial charge is 0.384 e. The van der Waals surface area contributed by atoms with Crippen molar-refractivity contribution in [3.05, 3.63) is 71.8 Å². The van der Waals surface area contributed by atoms with Crippen molar-refractivity contribution in [2.24, 2.45) is 21.5 Å². The van der Waals surface area contributed by atoms with Gasteiger partial charge in [-0.15, -0.1) is 49.6 Å². The minimum absolute atomic E-state index is 0. The molecular weight excluding hydrogens is 590 g/mol. The Morgan fingerprint density at radius 3 is 1.35 bits per heavy atom. The highest BCUT2D eigenvalue weighted by Gasteiger charge is 2.10. The van der Waals surface area contributed by atoms with Crippen LogP contribution in [0.4, 0.5) is 0 Å². The number of hydrogen-bond acceptors (Lipinski definition) is 4. The van der Waals surface area contributed by atoms with Crippen molar-refractivity contribution in [3.63, 3.8) is 0 Å². The summed E-state index contributed by atoms with van der Waals surface area (Å²) in [5.74, 6) is 2.70. The molecule has 3 aromatic carbocycles. The number of fused-ring (bicyclic) bond motifs is 2. The maximum atomic E-state index is 6.13. The van der Waals surface area contributed by atoms with Crippen LogP contribution < -0.4 is 11.5 Å². The fourth-order valence-corrected chi connectivity index (χ4v) is 4.04. The van der Waals surface area contributed by atoms with E-state index in [2.05, 4.69) is 33.8 Å². The molecule has 0 atom stereocenters. The number of amidine groups is 2. The third kappa shape index (κ3) is 7.46. The minimum atomic E-state index is 0. The number of nitrogens with zero attached hydrogens (tertiary/aromatic N) is 4. The summed E-state index contributed by atoms with van der Waals surface area (Å²) in [4.78, 5) is 25.1. The van der Waals surface area contributed by atoms with Crippen molar-refractivity contribution in [3.8, 4) is 22.8 Å². The predicted molar refractivity (Wildman–Crippen MR) is 177 cm³/mol. The van der Waals surface area contributed by atoms with Crippen molar-refractivity contribution in [2.45, 2.75) is 26.7 Å². The highest BCUT2D eigenvalue weighted by molar-refractivity contribution is 6.01. The van der Waals surface area contributed by atoms with E-state index in [1.807, 2.05) is 60.7 Å². The van der Waals surface area contributed by atoms with Crippen LogP contribution in [0.15, 0.2) is 70.6 Å². The molecule has 0 aliphatic heterocycles. The van der Waals surface area contributed by atoms with Gasteiger partial charge in [-0.2, -0.15) is 0 Å². The van der Waals surface area contributed by atoms with E-state index >= 15 is 0 Å². The van der Waals surface area contributed by atoms with Crippen LogP contribution in [0.25, 0.3) is 44.8 Å². The van der Waals surface area contributed by atoms with Crippen LogP contribution in [-0.4, -0.2) is 44.7 Å². The van der Waals surface area contributed by atoms with Gasteiger partial charge in [-0.05, 0) is 49.2 Å². The SMILES string of the molecule is CCCN=C(N)c1ccc2nc(-c3ccc(-c4nc5ccc(C(N)=NCCC)cc5[nH]4)cc3)[nH]c2c1.Cl.Cl.Cl.Cl. The molecule has 0 saturated carbocycles. The monoisotopic (exact) mass is 622 g/mol. The second kappa shape index (κ2) is 15.5. The summed E-state index contributed by atoms with van der Waals surface area (Å²) in [5, 5.41) is 0. The van der Waals surface area contributed by atoms with E-state index in [1.54, 1.807) is 0 Å². The average Bonchev–Trinajstić information content (AvgIpc) is 3.53. The lowest BCUT2D eigenvalue weighted by Gasteiger charge is -2.00. The first-order valence-corrected chi connectivity index (χ1v) is 12.3. The second-order valence-corrected chi connectivity index (χ2v) is 8.75. The third-order valence-corrected chi connectivity index (χ3v) is 6.00. The smallest absolute Gasteiger partial charge is 0.138 e. The lowest BCUT2D eigenvalue weighted by atomic mass is 10.1. The van der Waals surface area contributed by atoms with Crippen molar-refractivity contribution < 1.29 is 0 Å². The van der Waals surface area contributed by atoms with Gasteiger partial charge in [0.05, 0.1) is 22.1 Å². The first-order chi connectivity index (χ1) is 17.6. The quantitative estimate of drug-likeness (QED) is 0.113. The van der Waals surface area contributed by atoms with Gasteiger partial charge in [0.1, 0.15) is 23.3 Å². The molecule has 6 N–H and O–H groups in total. The normalized spacial score (nSPS) is 11.3. The number of hydrogen-bond donors (Lipinski definition) is 4. The number of aliphatic imine (C=N–C) groups is 2. The number of imidazole rings is 2. The molecule has 0 aliphatic rings. The Labute approximate surface area is 258 Å². The van der Waals surface area contributed by atoms with Crippen LogP contribution in [0, 0.1) is 0 Å². The maximum absolute atomic E-state index is 6.13. The lowest BCUT2D eigenvalue weighted by Crippen LogP contribution is -2.13. The molecule has 0 bridgehead atoms. The number of nitrogens with two attached hydrogens (primary N) is 2. The summed E-state index contributed by atoms with van der Waals surface area (Å²) < 4.78 is 0. The Hall–Kier alpha value is -3.30. The number of benzene rings is 3. The van der Waals surface area contributed by atoms with Gasteiger partial charge in [-0.25, -0.2) is 9.97 Å². The van der Waals surface area contributed by atoms with Crippen molar-refractivity contribution >= 4 is 83.4 Å². The van der Waals surface area contributed by atoms with Crippen molar-refractivity contribution in [1.82, 2.24) is 19.9 Å². The zero-order chi connectivity index (χ0) is 25.1. The van der Waals surface area contributed by atoms with Crippen LogP contribution in [0.3, 0.4) is 0 Å². The van der Waals surface area contributed by atoms with Gasteiger partial charge in [-0.1, -0.05) is 38.1 Å². The maximum Gasteiger partial charge on any atom is 0.138 e. The van der Waals surface area contributed by atoms with Gasteiger partial charge in [0.2, 0.25) is 0 Å². The van der Waals surface area contributed by atoms with Crippen LogP contribution in [-0.2, 0) is 0 Å². The molecule has 0 spiro atoms. The van der Waals surface area contributed by atoms with Crippen LogP contribution in [0.2, 0.25) is 0 Å². The standard InChI is InChI=1S/C28H30N8.4ClH/c1-3-13-31-25(29)19-9-11-21-23(15-19)35-27(33-21)17-5-7-18(8-6-17)28-34-22-12-10-20(16-24(22)36-28)26(30)32-14-4-2;;;;/h5-12,15-16H,3-4,13-14H2,1-2H3,(H2,29,31)(H2,30,32)(H,33,35)(H,34,36);4*1H. The molecule has 0 unspecified atom stereocenters. The number of nitrogens with one attached hydrogen (secondary N) is 2. The van der Waals surface area contributed by atoms with Crippen LogP contribution in [0.1, 0.15) is 37.8 Å². The number of rotatable bonds is 8. The molecule has 214 valence electrons. The topological polar surface area (TPSA) is 134 Å². The van der Waals surface area contributed by atoms with E-state index in [-0.39, 0.29) is 49.6 Å². The molecule has 0 fully saturated rings. The van der Waals surface area contributed by atoms with Crippen LogP contribution in [0.5, 0.6) is 0 Å². The minimum Gasteiger partial charge on any atom is -0.384 e. The number of aromatic nitrogens is 4. The fraction of sp³-hybridized carbons (Fsp3) is 0.214. The van der Waals surface area contributed by atoms with E-state index in [0.717, 1.165) is 81.9 Å². The Balaban J connectivity index is 0.00000200. The first kappa shape index (κ1) is 34.7. The van der Waals surface area contributed by atoms with Gasteiger partial charge >= 0.3 is 0 Å². The highest BCUT2D eigenvalue weighted by Crippen LogP contribution is 2.26. The summed E-state index contributed by atoms with van der Waals surface area (Å²) in [5.41, 5.74) is 19.6. The molecule has 0 aliphatic carbocycles. The number of halogens is 4. The van der Waals surface area contributed by atoms with Gasteiger partial charge in [0.15, 0.2) is 0 Å². The van der Waals surface area contributed by atoms with E-state index in [1.165, 1.54) is 0 Å². The second-order valence-electron chi connectivity index (χ2n) is 8.75. The molecule has 2 aromatic heterocycles. The Morgan fingerprint density at radius 2 is 1.00 bits per heavy atom. The summed E-state index contributed by atoms with van der Waals surface area (Å²) in [6, 6.07) is 20.0. The van der Waals surface area contributed by atoms with Crippen LogP contribution >= 0.6 is 49.6 Å². The third-order valence-electron chi connectivity index (χ3n) is 6.00. The lowest BCUT2D eigenvalue weighted by molar-refractivity contribution is 0.930. The van der Waals surface area contributed by atoms with E-state index in [0.29, 0.717) is 11.7 Å². The zero-order valence-corrected chi connectivity index (χ0v) is 25.4. The van der Waals surface area contributed by atoms with Gasteiger partial charge in [-0.3, -0.25) is 9.98 Å². The number of aromatic amines is 2. The summed E-state index contributed by atoms with van der Waals surface area (Å²) in [6.45, 7) is 5.60. The molecule has 8 nitrogen and oxygen atoms in total. The van der Waals surface area contributed by atoms with E-state index in [9.17, 15) is 0 Å². The summed E-state index contributed by atoms with van der Waals surface area (Å²) >= 11 is 0. The number of H-pyrrole nitrogens is 2. The van der Waals surface area contributed by atoms with E-state index in [4.69, 9.17) is 21.4 Å². The van der Waals surface area contributed by atoms with Crippen molar-refractivity contribution in [2.75, 3.05) is 13.1 Å². The van der Waals surface area contributed by atoms with Gasteiger partial charge in [0, 0.05) is 35.3 Å². The summed E-state index contributed by atoms with van der Waals surface area (Å²) in [7, 11) is 0. The van der Waals surface area contributed by atoms with E-state index < -0.39 is 0 Å². The molecule has 2 heterocycles. The molecule has 0 saturated heterocycles. The van der Waals surface area contributed by atoms with Gasteiger partial charge < -0.3 is 21.4 Å². The van der Waals surface area contributed by atoms with Gasteiger partial charge in [0.25, 0.3) is 0 Å².